The summed E-state index contributed by atoms with van der Waals surface area (Å²) in [5.41, 5.74) is 3.91. The lowest BCUT2D eigenvalue weighted by molar-refractivity contribution is -0.136. The van der Waals surface area contributed by atoms with Crippen LogP contribution in [0.1, 0.15) is 5.56 Å². The fourth-order valence-electron chi connectivity index (χ4n) is 1.24. The summed E-state index contributed by atoms with van der Waals surface area (Å²) >= 11 is 5.48. The SMILES string of the molecule is Nc1ncnc2c(C(F)(F)F)cc(Cl)nc12. The van der Waals surface area contributed by atoms with Crippen molar-refractivity contribution in [2.45, 2.75) is 6.18 Å². The van der Waals surface area contributed by atoms with E-state index in [-0.39, 0.29) is 22.0 Å². The second kappa shape index (κ2) is 3.44. The Bertz CT molecular complexity index is 555. The third kappa shape index (κ3) is 1.73. The van der Waals surface area contributed by atoms with Gasteiger partial charge in [0, 0.05) is 0 Å². The van der Waals surface area contributed by atoms with E-state index < -0.39 is 11.7 Å². The van der Waals surface area contributed by atoms with E-state index in [9.17, 15) is 13.2 Å². The number of hydrogen-bond donors (Lipinski definition) is 1. The molecular weight excluding hydrogens is 245 g/mol. The zero-order chi connectivity index (χ0) is 11.9. The van der Waals surface area contributed by atoms with Crippen LogP contribution in [0.25, 0.3) is 11.0 Å². The molecule has 0 saturated heterocycles. The minimum atomic E-state index is -4.56. The van der Waals surface area contributed by atoms with Gasteiger partial charge in [0.2, 0.25) is 0 Å². The molecule has 2 aromatic heterocycles. The number of pyridine rings is 1. The number of anilines is 1. The van der Waals surface area contributed by atoms with Crippen LogP contribution >= 0.6 is 11.6 Å². The summed E-state index contributed by atoms with van der Waals surface area (Å²) < 4.78 is 37.9. The first-order valence-electron chi connectivity index (χ1n) is 4.03. The van der Waals surface area contributed by atoms with Gasteiger partial charge in [0.15, 0.2) is 5.82 Å². The number of rotatable bonds is 0. The Balaban J connectivity index is 2.89. The van der Waals surface area contributed by atoms with Gasteiger partial charge < -0.3 is 5.73 Å². The summed E-state index contributed by atoms with van der Waals surface area (Å²) in [5.74, 6) is -0.141. The van der Waals surface area contributed by atoms with E-state index in [4.69, 9.17) is 17.3 Å². The molecule has 0 aromatic carbocycles. The molecule has 0 saturated carbocycles. The standard InChI is InChI=1S/C8H4ClF3N4/c9-4-1-3(8(10,11)12)5-6(16-4)7(13)15-2-14-5/h1-2H,(H2,13,14,15). The van der Waals surface area contributed by atoms with Crippen LogP contribution in [0.15, 0.2) is 12.4 Å². The lowest BCUT2D eigenvalue weighted by Gasteiger charge is -2.09. The molecule has 0 unspecified atom stereocenters. The molecule has 2 N–H and O–H groups in total. The lowest BCUT2D eigenvalue weighted by Crippen LogP contribution is -2.09. The predicted octanol–water partition coefficient (Wildman–Crippen LogP) is 2.28. The average molecular weight is 249 g/mol. The van der Waals surface area contributed by atoms with Crippen molar-refractivity contribution >= 4 is 28.5 Å². The van der Waals surface area contributed by atoms with Crippen molar-refractivity contribution in [1.82, 2.24) is 15.0 Å². The molecule has 4 nitrogen and oxygen atoms in total. The summed E-state index contributed by atoms with van der Waals surface area (Å²) in [6, 6.07) is 0.705. The van der Waals surface area contributed by atoms with Crippen molar-refractivity contribution in [3.63, 3.8) is 0 Å². The van der Waals surface area contributed by atoms with Crippen LogP contribution in [0, 0.1) is 0 Å². The largest absolute Gasteiger partial charge is 0.418 e. The Kier molecular flexibility index (Phi) is 2.34. The number of alkyl halides is 3. The number of nitrogen functional groups attached to an aromatic ring is 1. The highest BCUT2D eigenvalue weighted by molar-refractivity contribution is 6.30. The minimum Gasteiger partial charge on any atom is -0.382 e. The second-order valence-electron chi connectivity index (χ2n) is 2.95. The van der Waals surface area contributed by atoms with Crippen molar-refractivity contribution in [3.05, 3.63) is 23.1 Å². The quantitative estimate of drug-likeness (QED) is 0.727. The van der Waals surface area contributed by atoms with Crippen LogP contribution in [0.3, 0.4) is 0 Å². The fourth-order valence-corrected chi connectivity index (χ4v) is 1.44. The number of nitrogens with zero attached hydrogens (tertiary/aromatic N) is 3. The van der Waals surface area contributed by atoms with E-state index in [2.05, 4.69) is 15.0 Å². The highest BCUT2D eigenvalue weighted by atomic mass is 35.5. The normalized spacial score (nSPS) is 12.0. The summed E-state index contributed by atoms with van der Waals surface area (Å²) in [6.45, 7) is 0. The van der Waals surface area contributed by atoms with Gasteiger partial charge >= 0.3 is 6.18 Å². The van der Waals surface area contributed by atoms with E-state index in [0.717, 1.165) is 6.33 Å². The summed E-state index contributed by atoms with van der Waals surface area (Å²) in [7, 11) is 0. The highest BCUT2D eigenvalue weighted by Crippen LogP contribution is 2.35. The molecule has 84 valence electrons. The summed E-state index contributed by atoms with van der Waals surface area (Å²) in [6.07, 6.45) is -3.62. The van der Waals surface area contributed by atoms with Crippen LogP contribution in [0.2, 0.25) is 5.15 Å². The molecule has 0 radical (unpaired) electrons. The second-order valence-corrected chi connectivity index (χ2v) is 3.33. The third-order valence-corrected chi connectivity index (χ3v) is 2.09. The zero-order valence-electron chi connectivity index (χ0n) is 7.59. The highest BCUT2D eigenvalue weighted by Gasteiger charge is 2.34. The van der Waals surface area contributed by atoms with E-state index in [1.54, 1.807) is 0 Å². The molecule has 2 rings (SSSR count). The van der Waals surface area contributed by atoms with Crippen LogP contribution < -0.4 is 5.73 Å². The van der Waals surface area contributed by atoms with Gasteiger partial charge in [-0.1, -0.05) is 11.6 Å². The molecule has 0 amide bonds. The molecule has 0 aliphatic heterocycles. The molecule has 8 heteroatoms. The first kappa shape index (κ1) is 10.9. The van der Waals surface area contributed by atoms with E-state index in [1.165, 1.54) is 0 Å². The maximum atomic E-state index is 12.6. The topological polar surface area (TPSA) is 64.7 Å². The molecule has 0 fully saturated rings. The van der Waals surface area contributed by atoms with Gasteiger partial charge in [-0.15, -0.1) is 0 Å². The molecule has 0 atom stereocenters. The van der Waals surface area contributed by atoms with Crippen molar-refractivity contribution in [2.24, 2.45) is 0 Å². The van der Waals surface area contributed by atoms with Gasteiger partial charge in [-0.2, -0.15) is 13.2 Å². The first-order chi connectivity index (χ1) is 7.39. The van der Waals surface area contributed by atoms with Gasteiger partial charge in [-0.25, -0.2) is 15.0 Å². The summed E-state index contributed by atoms with van der Waals surface area (Å²) in [5, 5.41) is -0.304. The van der Waals surface area contributed by atoms with Crippen molar-refractivity contribution in [2.75, 3.05) is 5.73 Å². The van der Waals surface area contributed by atoms with Crippen molar-refractivity contribution < 1.29 is 13.2 Å². The Hall–Kier alpha value is -1.63. The molecule has 0 bridgehead atoms. The average Bonchev–Trinajstić information content (AvgIpc) is 2.17. The van der Waals surface area contributed by atoms with E-state index in [0.29, 0.717) is 6.07 Å². The first-order valence-corrected chi connectivity index (χ1v) is 4.41. The Morgan fingerprint density at radius 2 is 1.88 bits per heavy atom. The van der Waals surface area contributed by atoms with Crippen LogP contribution in [-0.2, 0) is 6.18 Å². The number of aromatic nitrogens is 3. The Labute approximate surface area is 92.3 Å². The molecular formula is C8H4ClF3N4. The number of hydrogen-bond acceptors (Lipinski definition) is 4. The maximum absolute atomic E-state index is 12.6. The molecule has 2 heterocycles. The Morgan fingerprint density at radius 1 is 1.19 bits per heavy atom. The monoisotopic (exact) mass is 248 g/mol. The number of halogens is 4. The smallest absolute Gasteiger partial charge is 0.382 e. The van der Waals surface area contributed by atoms with Gasteiger partial charge in [0.1, 0.15) is 22.5 Å². The van der Waals surface area contributed by atoms with E-state index in [1.807, 2.05) is 0 Å². The van der Waals surface area contributed by atoms with E-state index >= 15 is 0 Å². The number of fused-ring (bicyclic) bond motifs is 1. The van der Waals surface area contributed by atoms with Gasteiger partial charge in [-0.05, 0) is 6.07 Å². The molecule has 0 aliphatic rings. The predicted molar refractivity (Wildman–Crippen MR) is 51.8 cm³/mol. The zero-order valence-corrected chi connectivity index (χ0v) is 8.34. The van der Waals surface area contributed by atoms with Crippen LogP contribution in [0.5, 0.6) is 0 Å². The van der Waals surface area contributed by atoms with Crippen LogP contribution in [0.4, 0.5) is 19.0 Å². The lowest BCUT2D eigenvalue weighted by atomic mass is 10.2. The molecule has 2 aromatic rings. The molecule has 0 aliphatic carbocycles. The number of nitrogens with two attached hydrogens (primary N) is 1. The fraction of sp³-hybridized carbons (Fsp3) is 0.125. The van der Waals surface area contributed by atoms with Crippen molar-refractivity contribution in [3.8, 4) is 0 Å². The maximum Gasteiger partial charge on any atom is 0.418 e. The third-order valence-electron chi connectivity index (χ3n) is 1.89. The minimum absolute atomic E-state index is 0.141. The van der Waals surface area contributed by atoms with Gasteiger partial charge in [0.25, 0.3) is 0 Å². The molecule has 16 heavy (non-hydrogen) atoms. The van der Waals surface area contributed by atoms with Gasteiger partial charge in [0.05, 0.1) is 5.56 Å². The van der Waals surface area contributed by atoms with Crippen molar-refractivity contribution in [1.29, 1.82) is 0 Å². The van der Waals surface area contributed by atoms with Crippen LogP contribution in [-0.4, -0.2) is 15.0 Å². The van der Waals surface area contributed by atoms with Gasteiger partial charge in [-0.3, -0.25) is 0 Å². The Morgan fingerprint density at radius 3 is 2.50 bits per heavy atom. The molecule has 0 spiro atoms. The summed E-state index contributed by atoms with van der Waals surface area (Å²) in [4.78, 5) is 10.7.